The molecule has 0 spiro atoms. The third-order valence-corrected chi connectivity index (χ3v) is 14.7. The number of para-hydroxylation sites is 3. The first-order valence-electron chi connectivity index (χ1n) is 27.2. The van der Waals surface area contributed by atoms with Crippen LogP contribution in [0.2, 0.25) is 0 Å². The molecule has 0 aliphatic carbocycles. The first kappa shape index (κ1) is 54.8. The highest BCUT2D eigenvalue weighted by Crippen LogP contribution is 2.27. The summed E-state index contributed by atoms with van der Waals surface area (Å²) < 4.78 is 8.80. The van der Waals surface area contributed by atoms with Crippen molar-refractivity contribution in [2.45, 2.75) is 67.7 Å². The van der Waals surface area contributed by atoms with Crippen LogP contribution in [0, 0.1) is 33.6 Å². The van der Waals surface area contributed by atoms with Crippen LogP contribution < -0.4 is 18.3 Å². The van der Waals surface area contributed by atoms with Crippen molar-refractivity contribution in [2.24, 2.45) is 34.1 Å². The normalized spacial score (nSPS) is 11.1. The number of rotatable bonds is 7. The average Bonchev–Trinajstić information content (AvgIpc) is 3.48. The molecule has 12 aromatic rings. The Morgan fingerprint density at radius 3 is 1.32 bits per heavy atom. The van der Waals surface area contributed by atoms with E-state index in [4.69, 9.17) is 4.98 Å². The predicted molar refractivity (Wildman–Crippen MR) is 321 cm³/mol. The summed E-state index contributed by atoms with van der Waals surface area (Å²) in [5.41, 5.74) is 25.4. The smallest absolute Gasteiger partial charge is 0.250 e. The molecule has 0 aliphatic rings. The van der Waals surface area contributed by atoms with Gasteiger partial charge in [0.05, 0.1) is 28.5 Å². The zero-order valence-corrected chi connectivity index (χ0v) is 47.8. The number of pyridine rings is 2. The molecule has 79 heavy (non-hydrogen) atoms. The number of hydrogen-bond acceptors (Lipinski definition) is 6. The Kier molecular flexibility index (Phi) is 17.0. The highest BCUT2D eigenvalue weighted by atomic mass is 15.0. The maximum Gasteiger partial charge on any atom is 0.250 e. The monoisotopic (exact) mass is 1040 g/mol. The summed E-state index contributed by atoms with van der Waals surface area (Å²) in [5, 5.41) is 0. The van der Waals surface area contributed by atoms with Crippen molar-refractivity contribution in [2.75, 3.05) is 0 Å². The summed E-state index contributed by atoms with van der Waals surface area (Å²) in [7, 11) is 8.36. The van der Waals surface area contributed by atoms with Crippen molar-refractivity contribution in [3.63, 3.8) is 0 Å². The van der Waals surface area contributed by atoms with E-state index in [1.165, 1.54) is 61.2 Å². The van der Waals surface area contributed by atoms with E-state index in [0.717, 1.165) is 67.9 Å². The quantitative estimate of drug-likeness (QED) is 0.148. The molecular formula is C69H72N10+4. The van der Waals surface area contributed by atoms with E-state index < -0.39 is 0 Å². The van der Waals surface area contributed by atoms with Crippen molar-refractivity contribution >= 4 is 44.3 Å². The molecule has 0 saturated carbocycles. The van der Waals surface area contributed by atoms with Crippen LogP contribution in [0.5, 0.6) is 0 Å². The van der Waals surface area contributed by atoms with Crippen molar-refractivity contribution in [3.05, 3.63) is 228 Å². The minimum absolute atomic E-state index is 0.477. The van der Waals surface area contributed by atoms with Crippen LogP contribution in [0.4, 0.5) is 0 Å². The summed E-state index contributed by atoms with van der Waals surface area (Å²) in [6.07, 6.45) is 14.3. The first-order chi connectivity index (χ1) is 38.2. The van der Waals surface area contributed by atoms with Gasteiger partial charge in [-0.15, -0.1) is 0 Å². The molecule has 10 heteroatoms. The van der Waals surface area contributed by atoms with Gasteiger partial charge in [-0.1, -0.05) is 125 Å². The van der Waals surface area contributed by atoms with Crippen LogP contribution in [-0.2, 0) is 34.6 Å². The largest absolute Gasteiger partial charge is 0.262 e. The Bertz CT molecular complexity index is 4000. The molecule has 0 radical (unpaired) electrons. The van der Waals surface area contributed by atoms with E-state index in [1.54, 1.807) is 12.4 Å². The van der Waals surface area contributed by atoms with Crippen LogP contribution in [0.3, 0.4) is 0 Å². The Morgan fingerprint density at radius 1 is 0.380 bits per heavy atom. The lowest BCUT2D eigenvalue weighted by Gasteiger charge is -2.10. The molecule has 0 atom stereocenters. The first-order valence-corrected chi connectivity index (χ1v) is 27.2. The van der Waals surface area contributed by atoms with Gasteiger partial charge in [-0.05, 0) is 110 Å². The van der Waals surface area contributed by atoms with Crippen molar-refractivity contribution in [3.8, 4) is 45.0 Å². The lowest BCUT2D eigenvalue weighted by molar-refractivity contribution is -0.634. The van der Waals surface area contributed by atoms with Crippen LogP contribution in [0.15, 0.2) is 195 Å². The van der Waals surface area contributed by atoms with E-state index in [0.29, 0.717) is 11.8 Å². The molecule has 12 rings (SSSR count). The number of benzene rings is 6. The zero-order chi connectivity index (χ0) is 55.7. The molecule has 394 valence electrons. The summed E-state index contributed by atoms with van der Waals surface area (Å²) in [6.45, 7) is 17.4. The van der Waals surface area contributed by atoms with Crippen LogP contribution >= 0.6 is 0 Å². The van der Waals surface area contributed by atoms with Crippen LogP contribution in [-0.4, -0.2) is 29.9 Å². The molecular weight excluding hydrogens is 969 g/mol. The number of nitrogens with zero attached hydrogens (tertiary/aromatic N) is 10. The van der Waals surface area contributed by atoms with Gasteiger partial charge < -0.3 is 0 Å². The second-order valence-electron chi connectivity index (χ2n) is 21.1. The van der Waals surface area contributed by atoms with E-state index in [9.17, 15) is 0 Å². The van der Waals surface area contributed by atoms with E-state index in [1.807, 2.05) is 55.2 Å². The SMILES string of the molecule is Cc1ccccc1-c1cnc2c(C(C)C)cccc2[n+]1C.Cc1ccccc1-c1cnc2ccccc2[n+]1C.Cc1ccccc1-c1cnc2cnccc2[n+]1C.Cc1ccccc1-c1cnc2ncc(CC(C)C)cc2[n+]1C. The maximum absolute atomic E-state index is 4.76. The predicted octanol–water partition coefficient (Wildman–Crippen LogP) is 13.3. The lowest BCUT2D eigenvalue weighted by atomic mass is 10.0. The van der Waals surface area contributed by atoms with Gasteiger partial charge in [-0.25, -0.2) is 24.9 Å². The molecule has 6 heterocycles. The van der Waals surface area contributed by atoms with Crippen LogP contribution in [0.25, 0.3) is 89.3 Å². The molecule has 0 fully saturated rings. The van der Waals surface area contributed by atoms with Crippen LogP contribution in [0.1, 0.15) is 67.0 Å². The number of aromatic nitrogens is 10. The summed E-state index contributed by atoms with van der Waals surface area (Å²) >= 11 is 0. The van der Waals surface area contributed by atoms with Gasteiger partial charge in [0.25, 0.3) is 5.52 Å². The summed E-state index contributed by atoms with van der Waals surface area (Å²) in [5.74, 6) is 1.10. The number of hydrogen-bond donors (Lipinski definition) is 0. The maximum atomic E-state index is 4.76. The topological polar surface area (TPSA) is 92.9 Å². The van der Waals surface area contributed by atoms with E-state index in [-0.39, 0.29) is 0 Å². The van der Waals surface area contributed by atoms with Gasteiger partial charge in [0.2, 0.25) is 45.0 Å². The third-order valence-electron chi connectivity index (χ3n) is 14.7. The zero-order valence-electron chi connectivity index (χ0n) is 47.8. The number of aryl methyl sites for hydroxylation is 8. The lowest BCUT2D eigenvalue weighted by Crippen LogP contribution is -2.33. The average molecular weight is 1040 g/mol. The number of fused-ring (bicyclic) bond motifs is 4. The molecule has 0 aliphatic heterocycles. The van der Waals surface area contributed by atoms with Gasteiger partial charge in [0.1, 0.15) is 64.0 Å². The molecule has 6 aromatic carbocycles. The fraction of sp³-hybridized carbons (Fsp3) is 0.217. The van der Waals surface area contributed by atoms with Gasteiger partial charge in [0, 0.05) is 36.7 Å². The van der Waals surface area contributed by atoms with Crippen molar-refractivity contribution in [1.29, 1.82) is 0 Å². The minimum atomic E-state index is 0.477. The molecule has 0 N–H and O–H groups in total. The van der Waals surface area contributed by atoms with Crippen molar-refractivity contribution < 1.29 is 18.3 Å². The molecule has 0 amide bonds. The highest BCUT2D eigenvalue weighted by molar-refractivity contribution is 5.78. The Balaban J connectivity index is 0.000000128. The molecule has 0 unspecified atom stereocenters. The fourth-order valence-electron chi connectivity index (χ4n) is 10.3. The second-order valence-corrected chi connectivity index (χ2v) is 21.1. The van der Waals surface area contributed by atoms with E-state index in [2.05, 4.69) is 254 Å². The van der Waals surface area contributed by atoms with Gasteiger partial charge in [-0.3, -0.25) is 4.98 Å². The van der Waals surface area contributed by atoms with Gasteiger partial charge >= 0.3 is 0 Å². The molecule has 0 bridgehead atoms. The summed E-state index contributed by atoms with van der Waals surface area (Å²) in [4.78, 5) is 26.9. The van der Waals surface area contributed by atoms with Gasteiger partial charge in [-0.2, -0.15) is 18.3 Å². The Morgan fingerprint density at radius 2 is 0.797 bits per heavy atom. The fourth-order valence-corrected chi connectivity index (χ4v) is 10.3. The Hall–Kier alpha value is -9.02. The van der Waals surface area contributed by atoms with Gasteiger partial charge in [0.15, 0.2) is 5.52 Å². The standard InChI is InChI=1S/C19H22N3.C19H21N2.C16H15N2.C15H14N3/c1-13(2)9-15-10-17-19(20-11-15)21-12-18(22(17)4)16-8-6-5-7-14(16)3;1-13(2)15-10-7-11-17-19(15)20-12-18(21(17)4)16-9-6-5-8-14(16)3;1-12-7-3-4-8-13(12)16-11-17-14-9-5-6-10-15(14)18(16)2;1-11-5-3-4-6-12(11)15-10-17-13-9-16-8-7-14(13)18(15)2/h5-8,10-13H,9H2,1-4H3;5-13H,1-4H3;3-11H,1-2H3;3-10H,1-2H3/q4*+1. The molecule has 10 nitrogen and oxygen atoms in total. The third kappa shape index (κ3) is 12.1. The summed E-state index contributed by atoms with van der Waals surface area (Å²) in [6, 6.07) is 52.5. The molecule has 0 saturated heterocycles. The molecule has 6 aromatic heterocycles. The van der Waals surface area contributed by atoms with E-state index >= 15 is 0 Å². The Labute approximate surface area is 465 Å². The second kappa shape index (κ2) is 24.5. The van der Waals surface area contributed by atoms with Crippen molar-refractivity contribution in [1.82, 2.24) is 29.9 Å². The highest BCUT2D eigenvalue weighted by Gasteiger charge is 2.22. The minimum Gasteiger partial charge on any atom is -0.262 e.